The maximum atomic E-state index is 13.2. The minimum absolute atomic E-state index is 0.0168. The van der Waals surface area contributed by atoms with Gasteiger partial charge in [-0.2, -0.15) is 0 Å². The third-order valence-corrected chi connectivity index (χ3v) is 4.24. The lowest BCUT2D eigenvalue weighted by Gasteiger charge is -2.14. The molecule has 0 aromatic heterocycles. The monoisotopic (exact) mass is 313 g/mol. The van der Waals surface area contributed by atoms with E-state index in [2.05, 4.69) is 17.4 Å². The van der Waals surface area contributed by atoms with E-state index >= 15 is 0 Å². The number of hydrogen-bond donors (Lipinski definition) is 2. The number of carbonyl (C=O) groups is 1. The first-order valence-electron chi connectivity index (χ1n) is 8.07. The van der Waals surface area contributed by atoms with E-state index in [-0.39, 0.29) is 11.7 Å². The van der Waals surface area contributed by atoms with Gasteiger partial charge in [0.05, 0.1) is 7.05 Å². The van der Waals surface area contributed by atoms with Gasteiger partial charge in [0.15, 0.2) is 6.54 Å². The molecule has 3 nitrogen and oxygen atoms in total. The van der Waals surface area contributed by atoms with Gasteiger partial charge in [-0.3, -0.25) is 4.79 Å². The summed E-state index contributed by atoms with van der Waals surface area (Å²) in [5.41, 5.74) is 4.52. The lowest BCUT2D eigenvalue weighted by atomic mass is 10.1. The minimum atomic E-state index is -0.238. The number of quaternary nitrogens is 1. The molecule has 1 aliphatic rings. The molecule has 2 aromatic rings. The highest BCUT2D eigenvalue weighted by Crippen LogP contribution is 2.24. The average molecular weight is 313 g/mol. The molecule has 0 radical (unpaired) electrons. The van der Waals surface area contributed by atoms with Gasteiger partial charge in [0, 0.05) is 11.3 Å². The Hall–Kier alpha value is -2.20. The van der Waals surface area contributed by atoms with Gasteiger partial charge in [-0.25, -0.2) is 4.39 Å². The van der Waals surface area contributed by atoms with Crippen molar-refractivity contribution in [2.75, 3.05) is 18.9 Å². The van der Waals surface area contributed by atoms with E-state index in [1.165, 1.54) is 29.7 Å². The summed E-state index contributed by atoms with van der Waals surface area (Å²) in [6, 6.07) is 12.7. The molecule has 0 fully saturated rings. The lowest BCUT2D eigenvalue weighted by molar-refractivity contribution is -0.885. The highest BCUT2D eigenvalue weighted by atomic mass is 19.1. The van der Waals surface area contributed by atoms with Gasteiger partial charge in [-0.15, -0.1) is 0 Å². The highest BCUT2D eigenvalue weighted by Gasteiger charge is 2.14. The largest absolute Gasteiger partial charge is 0.326 e. The second-order valence-corrected chi connectivity index (χ2v) is 6.33. The molecule has 4 heteroatoms. The van der Waals surface area contributed by atoms with Gasteiger partial charge in [0.2, 0.25) is 0 Å². The Kier molecular flexibility index (Phi) is 4.72. The SMILES string of the molecule is C[NH+](CC(=O)Nc1ccc2c(c1)CCC2)Cc1cccc(F)c1. The van der Waals surface area contributed by atoms with E-state index in [0.717, 1.165) is 29.0 Å². The molecule has 23 heavy (non-hydrogen) atoms. The van der Waals surface area contributed by atoms with Crippen molar-refractivity contribution in [3.63, 3.8) is 0 Å². The third kappa shape index (κ3) is 4.17. The smallest absolute Gasteiger partial charge is 0.279 e. The van der Waals surface area contributed by atoms with Crippen LogP contribution < -0.4 is 10.2 Å². The summed E-state index contributed by atoms with van der Waals surface area (Å²) in [6.07, 6.45) is 3.45. The van der Waals surface area contributed by atoms with Gasteiger partial charge in [0.1, 0.15) is 12.4 Å². The van der Waals surface area contributed by atoms with Gasteiger partial charge in [-0.1, -0.05) is 18.2 Å². The third-order valence-electron chi connectivity index (χ3n) is 4.24. The van der Waals surface area contributed by atoms with E-state index in [1.807, 2.05) is 19.2 Å². The first-order valence-corrected chi connectivity index (χ1v) is 8.07. The zero-order valence-corrected chi connectivity index (χ0v) is 13.4. The number of anilines is 1. The molecule has 0 spiro atoms. The van der Waals surface area contributed by atoms with Gasteiger partial charge in [0.25, 0.3) is 5.91 Å². The predicted octanol–water partition coefficient (Wildman–Crippen LogP) is 1.97. The van der Waals surface area contributed by atoms with Crippen molar-refractivity contribution < 1.29 is 14.1 Å². The summed E-state index contributed by atoms with van der Waals surface area (Å²) in [4.78, 5) is 13.2. The molecule has 1 atom stereocenters. The van der Waals surface area contributed by atoms with Crippen molar-refractivity contribution >= 4 is 11.6 Å². The van der Waals surface area contributed by atoms with Crippen LogP contribution in [-0.2, 0) is 24.2 Å². The second kappa shape index (κ2) is 6.92. The Morgan fingerprint density at radius 1 is 1.17 bits per heavy atom. The number of aryl methyl sites for hydroxylation is 2. The predicted molar refractivity (Wildman–Crippen MR) is 89.0 cm³/mol. The van der Waals surface area contributed by atoms with Crippen molar-refractivity contribution in [2.45, 2.75) is 25.8 Å². The molecule has 0 saturated carbocycles. The molecule has 3 rings (SSSR count). The Bertz CT molecular complexity index is 714. The molecule has 1 unspecified atom stereocenters. The molecule has 1 aliphatic carbocycles. The quantitative estimate of drug-likeness (QED) is 0.869. The fourth-order valence-electron chi connectivity index (χ4n) is 3.19. The maximum absolute atomic E-state index is 13.2. The number of hydrogen-bond acceptors (Lipinski definition) is 1. The van der Waals surface area contributed by atoms with Crippen LogP contribution in [0.2, 0.25) is 0 Å². The average Bonchev–Trinajstić information content (AvgIpc) is 2.94. The molecule has 1 amide bonds. The fourth-order valence-corrected chi connectivity index (χ4v) is 3.19. The van der Waals surface area contributed by atoms with E-state index in [4.69, 9.17) is 0 Å². The van der Waals surface area contributed by atoms with Crippen LogP contribution >= 0.6 is 0 Å². The summed E-state index contributed by atoms with van der Waals surface area (Å²) in [6.45, 7) is 0.975. The standard InChI is InChI=1S/C19H21FN2O/c1-22(12-14-4-2-7-17(20)10-14)13-19(23)21-18-9-8-15-5-3-6-16(15)11-18/h2,4,7-11H,3,5-6,12-13H2,1H3,(H,21,23)/p+1. The van der Waals surface area contributed by atoms with Crippen molar-refractivity contribution in [1.29, 1.82) is 0 Å². The summed E-state index contributed by atoms with van der Waals surface area (Å²) in [5, 5.41) is 2.97. The van der Waals surface area contributed by atoms with E-state index in [9.17, 15) is 9.18 Å². The first kappa shape index (κ1) is 15.7. The topological polar surface area (TPSA) is 33.5 Å². The van der Waals surface area contributed by atoms with Crippen LogP contribution in [0.5, 0.6) is 0 Å². The van der Waals surface area contributed by atoms with E-state index < -0.39 is 0 Å². The second-order valence-electron chi connectivity index (χ2n) is 6.33. The van der Waals surface area contributed by atoms with Crippen LogP contribution in [0.25, 0.3) is 0 Å². The summed E-state index contributed by atoms with van der Waals surface area (Å²) >= 11 is 0. The normalized spacial score (nSPS) is 14.3. The number of amides is 1. The Balaban J connectivity index is 1.54. The molecule has 0 aliphatic heterocycles. The maximum Gasteiger partial charge on any atom is 0.279 e. The number of rotatable bonds is 5. The summed E-state index contributed by atoms with van der Waals surface area (Å²) < 4.78 is 13.2. The fraction of sp³-hybridized carbons (Fsp3) is 0.316. The minimum Gasteiger partial charge on any atom is -0.326 e. The molecule has 0 heterocycles. The van der Waals surface area contributed by atoms with Gasteiger partial charge in [-0.05, 0) is 54.7 Å². The zero-order chi connectivity index (χ0) is 16.2. The molecular formula is C19H22FN2O+. The van der Waals surface area contributed by atoms with Crippen LogP contribution in [0.1, 0.15) is 23.1 Å². The lowest BCUT2D eigenvalue weighted by Crippen LogP contribution is -3.08. The number of benzene rings is 2. The van der Waals surface area contributed by atoms with E-state index in [0.29, 0.717) is 13.1 Å². The Labute approximate surface area is 136 Å². The highest BCUT2D eigenvalue weighted by molar-refractivity contribution is 5.91. The first-order chi connectivity index (χ1) is 11.1. The van der Waals surface area contributed by atoms with E-state index in [1.54, 1.807) is 6.07 Å². The summed E-state index contributed by atoms with van der Waals surface area (Å²) in [7, 11) is 1.94. The Morgan fingerprint density at radius 3 is 2.83 bits per heavy atom. The van der Waals surface area contributed by atoms with Gasteiger partial charge < -0.3 is 10.2 Å². The van der Waals surface area contributed by atoms with Crippen molar-refractivity contribution in [1.82, 2.24) is 0 Å². The van der Waals surface area contributed by atoms with Crippen LogP contribution in [0.15, 0.2) is 42.5 Å². The van der Waals surface area contributed by atoms with Crippen molar-refractivity contribution in [3.8, 4) is 0 Å². The zero-order valence-electron chi connectivity index (χ0n) is 13.4. The molecular weight excluding hydrogens is 291 g/mol. The molecule has 2 aromatic carbocycles. The number of likely N-dealkylation sites (N-methyl/N-ethyl adjacent to an activating group) is 1. The van der Waals surface area contributed by atoms with Crippen LogP contribution in [0.4, 0.5) is 10.1 Å². The number of nitrogens with one attached hydrogen (secondary N) is 2. The molecule has 2 N–H and O–H groups in total. The number of fused-ring (bicyclic) bond motifs is 1. The molecule has 0 saturated heterocycles. The number of halogens is 1. The van der Waals surface area contributed by atoms with Gasteiger partial charge >= 0.3 is 0 Å². The molecule has 120 valence electrons. The Morgan fingerprint density at radius 2 is 2.00 bits per heavy atom. The van der Waals surface area contributed by atoms with Crippen LogP contribution in [0.3, 0.4) is 0 Å². The number of carbonyl (C=O) groups excluding carboxylic acids is 1. The van der Waals surface area contributed by atoms with Crippen molar-refractivity contribution in [2.24, 2.45) is 0 Å². The molecule has 0 bridgehead atoms. The van der Waals surface area contributed by atoms with Crippen LogP contribution in [0, 0.1) is 5.82 Å². The summed E-state index contributed by atoms with van der Waals surface area (Å²) in [5.74, 6) is -0.255. The van der Waals surface area contributed by atoms with Crippen LogP contribution in [-0.4, -0.2) is 19.5 Å². The van der Waals surface area contributed by atoms with Crippen molar-refractivity contribution in [3.05, 3.63) is 65.0 Å².